The van der Waals surface area contributed by atoms with E-state index in [0.29, 0.717) is 5.16 Å². The Morgan fingerprint density at radius 1 is 1.00 bits per heavy atom. The van der Waals surface area contributed by atoms with Crippen molar-refractivity contribution in [3.8, 4) is 5.69 Å². The molecule has 1 aromatic heterocycles. The summed E-state index contributed by atoms with van der Waals surface area (Å²) in [7, 11) is 0. The van der Waals surface area contributed by atoms with Crippen molar-refractivity contribution in [2.24, 2.45) is 0 Å². The highest BCUT2D eigenvalue weighted by Crippen LogP contribution is 2.22. The van der Waals surface area contributed by atoms with Crippen LogP contribution in [0.25, 0.3) is 5.69 Å². The summed E-state index contributed by atoms with van der Waals surface area (Å²) < 4.78 is 2.57. The van der Waals surface area contributed by atoms with E-state index in [1.807, 2.05) is 53.4 Å². The van der Waals surface area contributed by atoms with Crippen LogP contribution < -0.4 is 10.2 Å². The normalized spacial score (nSPS) is 13.8. The first-order valence-electron chi connectivity index (χ1n) is 10.1. The number of benzene rings is 2. The monoisotopic (exact) mass is 515 g/mol. The summed E-state index contributed by atoms with van der Waals surface area (Å²) in [4.78, 5) is 28.0. The van der Waals surface area contributed by atoms with Gasteiger partial charge < -0.3 is 15.1 Å². The van der Waals surface area contributed by atoms with Gasteiger partial charge in [-0.25, -0.2) is 0 Å². The Balaban J connectivity index is 1.29. The molecular formula is C21H22BrN7O2S. The Morgan fingerprint density at radius 3 is 2.31 bits per heavy atom. The highest BCUT2D eigenvalue weighted by atomic mass is 79.9. The average molecular weight is 516 g/mol. The summed E-state index contributed by atoms with van der Waals surface area (Å²) in [6, 6.07) is 15.4. The number of carbonyl (C=O) groups is 2. The molecule has 3 aromatic rings. The van der Waals surface area contributed by atoms with Crippen molar-refractivity contribution in [3.63, 3.8) is 0 Å². The number of rotatable bonds is 6. The molecule has 1 aliphatic rings. The highest BCUT2D eigenvalue weighted by molar-refractivity contribution is 9.10. The SMILES string of the molecule is CC(=O)N1CCN(c2ccc(NC(=O)CSc3nnnn3-c3ccc(Br)cc3)cc2)CC1. The van der Waals surface area contributed by atoms with E-state index in [-0.39, 0.29) is 17.6 Å². The van der Waals surface area contributed by atoms with Crippen molar-refractivity contribution in [1.82, 2.24) is 25.1 Å². The van der Waals surface area contributed by atoms with E-state index < -0.39 is 0 Å². The molecule has 0 aliphatic carbocycles. The molecule has 4 rings (SSSR count). The number of carbonyl (C=O) groups excluding carboxylic acids is 2. The van der Waals surface area contributed by atoms with Crippen LogP contribution in [0, 0.1) is 0 Å². The molecule has 1 fully saturated rings. The second kappa shape index (κ2) is 10.1. The van der Waals surface area contributed by atoms with Gasteiger partial charge in [-0.1, -0.05) is 27.7 Å². The van der Waals surface area contributed by atoms with Crippen LogP contribution in [-0.4, -0.2) is 68.9 Å². The Labute approximate surface area is 198 Å². The van der Waals surface area contributed by atoms with E-state index in [4.69, 9.17) is 0 Å². The Bertz CT molecular complexity index is 1080. The molecule has 0 bridgehead atoms. The second-order valence-corrected chi connectivity index (χ2v) is 9.08. The van der Waals surface area contributed by atoms with E-state index in [2.05, 4.69) is 41.7 Å². The van der Waals surface area contributed by atoms with E-state index in [0.717, 1.165) is 47.7 Å². The Morgan fingerprint density at radius 2 is 1.66 bits per heavy atom. The molecule has 32 heavy (non-hydrogen) atoms. The van der Waals surface area contributed by atoms with Gasteiger partial charge in [0.05, 0.1) is 11.4 Å². The number of thioether (sulfide) groups is 1. The molecule has 166 valence electrons. The Hall–Kier alpha value is -2.92. The molecule has 0 unspecified atom stereocenters. The van der Waals surface area contributed by atoms with Gasteiger partial charge in [0.1, 0.15) is 0 Å². The Kier molecular flexibility index (Phi) is 7.05. The summed E-state index contributed by atoms with van der Waals surface area (Å²) in [5.74, 6) is 0.167. The maximum Gasteiger partial charge on any atom is 0.234 e. The van der Waals surface area contributed by atoms with E-state index in [1.54, 1.807) is 11.6 Å². The molecule has 1 N–H and O–H groups in total. The maximum absolute atomic E-state index is 12.4. The minimum atomic E-state index is -0.136. The standard InChI is InChI=1S/C21H22BrN7O2S/c1-15(30)27-10-12-28(13-11-27)18-8-4-17(5-9-18)23-20(31)14-32-21-24-25-26-29(21)19-6-2-16(22)3-7-19/h2-9H,10-14H2,1H3,(H,23,31). The summed E-state index contributed by atoms with van der Waals surface area (Å²) in [6.07, 6.45) is 0. The van der Waals surface area contributed by atoms with Crippen molar-refractivity contribution in [3.05, 3.63) is 53.0 Å². The van der Waals surface area contributed by atoms with Gasteiger partial charge in [-0.2, -0.15) is 4.68 Å². The fraction of sp³-hybridized carbons (Fsp3) is 0.286. The molecule has 2 aromatic carbocycles. The first-order chi connectivity index (χ1) is 15.5. The van der Waals surface area contributed by atoms with E-state index in [1.165, 1.54) is 11.8 Å². The summed E-state index contributed by atoms with van der Waals surface area (Å²) in [5, 5.41) is 15.2. The predicted octanol–water partition coefficient (Wildman–Crippen LogP) is 2.82. The van der Waals surface area contributed by atoms with Gasteiger partial charge >= 0.3 is 0 Å². The van der Waals surface area contributed by atoms with Crippen LogP contribution in [0.1, 0.15) is 6.92 Å². The average Bonchev–Trinajstić information content (AvgIpc) is 3.27. The largest absolute Gasteiger partial charge is 0.368 e. The van der Waals surface area contributed by atoms with Crippen LogP contribution in [-0.2, 0) is 9.59 Å². The second-order valence-electron chi connectivity index (χ2n) is 7.23. The fourth-order valence-electron chi connectivity index (χ4n) is 3.38. The lowest BCUT2D eigenvalue weighted by Gasteiger charge is -2.35. The van der Waals surface area contributed by atoms with Crippen LogP contribution >= 0.6 is 27.7 Å². The number of halogens is 1. The summed E-state index contributed by atoms with van der Waals surface area (Å²) in [6.45, 7) is 4.66. The number of piperazine rings is 1. The molecule has 0 atom stereocenters. The zero-order chi connectivity index (χ0) is 22.5. The van der Waals surface area contributed by atoms with Crippen LogP contribution in [0.5, 0.6) is 0 Å². The smallest absolute Gasteiger partial charge is 0.234 e. The van der Waals surface area contributed by atoms with Crippen LogP contribution in [0.2, 0.25) is 0 Å². The van der Waals surface area contributed by atoms with Crippen molar-refractivity contribution >= 4 is 50.9 Å². The molecule has 0 radical (unpaired) electrons. The molecule has 2 amide bonds. The summed E-state index contributed by atoms with van der Waals surface area (Å²) >= 11 is 4.68. The van der Waals surface area contributed by atoms with Crippen molar-refractivity contribution in [1.29, 1.82) is 0 Å². The van der Waals surface area contributed by atoms with E-state index >= 15 is 0 Å². The highest BCUT2D eigenvalue weighted by Gasteiger charge is 2.19. The first-order valence-corrected chi connectivity index (χ1v) is 11.8. The number of nitrogens with one attached hydrogen (secondary N) is 1. The predicted molar refractivity (Wildman–Crippen MR) is 127 cm³/mol. The van der Waals surface area contributed by atoms with Gasteiger partial charge in [0, 0.05) is 49.0 Å². The molecule has 9 nitrogen and oxygen atoms in total. The van der Waals surface area contributed by atoms with Gasteiger partial charge in [-0.3, -0.25) is 9.59 Å². The van der Waals surface area contributed by atoms with Crippen molar-refractivity contribution in [2.45, 2.75) is 12.1 Å². The van der Waals surface area contributed by atoms with Crippen molar-refractivity contribution in [2.75, 3.05) is 42.1 Å². The van der Waals surface area contributed by atoms with Crippen LogP contribution in [0.3, 0.4) is 0 Å². The third-order valence-corrected chi connectivity index (χ3v) is 6.53. The third-order valence-electron chi connectivity index (χ3n) is 5.09. The number of aromatic nitrogens is 4. The van der Waals surface area contributed by atoms with Gasteiger partial charge in [-0.15, -0.1) is 5.10 Å². The van der Waals surface area contributed by atoms with Gasteiger partial charge in [0.2, 0.25) is 17.0 Å². The maximum atomic E-state index is 12.4. The quantitative estimate of drug-likeness (QED) is 0.504. The zero-order valence-electron chi connectivity index (χ0n) is 17.4. The van der Waals surface area contributed by atoms with Crippen molar-refractivity contribution < 1.29 is 9.59 Å². The lowest BCUT2D eigenvalue weighted by Crippen LogP contribution is -2.48. The van der Waals surface area contributed by atoms with Crippen LogP contribution in [0.15, 0.2) is 58.2 Å². The van der Waals surface area contributed by atoms with Gasteiger partial charge in [0.15, 0.2) is 0 Å². The molecule has 1 saturated heterocycles. The topological polar surface area (TPSA) is 96.2 Å². The molecular weight excluding hydrogens is 494 g/mol. The number of hydrogen-bond acceptors (Lipinski definition) is 7. The minimum Gasteiger partial charge on any atom is -0.368 e. The molecule has 11 heteroatoms. The first kappa shape index (κ1) is 22.3. The minimum absolute atomic E-state index is 0.117. The molecule has 2 heterocycles. The number of anilines is 2. The lowest BCUT2D eigenvalue weighted by molar-refractivity contribution is -0.129. The molecule has 1 aliphatic heterocycles. The lowest BCUT2D eigenvalue weighted by atomic mass is 10.2. The third kappa shape index (κ3) is 5.46. The van der Waals surface area contributed by atoms with Gasteiger partial charge in [-0.05, 0) is 59.0 Å². The number of amides is 2. The number of hydrogen-bond donors (Lipinski definition) is 1. The van der Waals surface area contributed by atoms with Crippen LogP contribution in [0.4, 0.5) is 11.4 Å². The molecule has 0 spiro atoms. The number of nitrogens with zero attached hydrogens (tertiary/aromatic N) is 6. The molecule has 0 saturated carbocycles. The van der Waals surface area contributed by atoms with E-state index in [9.17, 15) is 9.59 Å². The number of tetrazole rings is 1. The fourth-order valence-corrected chi connectivity index (χ4v) is 4.33. The van der Waals surface area contributed by atoms with Gasteiger partial charge in [0.25, 0.3) is 0 Å². The zero-order valence-corrected chi connectivity index (χ0v) is 19.8. The summed E-state index contributed by atoms with van der Waals surface area (Å²) in [5.41, 5.74) is 2.63.